The first-order valence-electron chi connectivity index (χ1n) is 11.7. The number of nitrogens with zero attached hydrogens (tertiary/aromatic N) is 1. The molecule has 29 heavy (non-hydrogen) atoms. The molecule has 0 amide bonds. The molecule has 0 aliphatic rings. The predicted molar refractivity (Wildman–Crippen MR) is 121 cm³/mol. The zero-order chi connectivity index (χ0) is 22.0. The lowest BCUT2D eigenvalue weighted by molar-refractivity contribution is -0.877. The topological polar surface area (TPSA) is 60.4 Å². The molecule has 4 heteroatoms. The van der Waals surface area contributed by atoms with Crippen LogP contribution in [-0.4, -0.2) is 48.8 Å². The Morgan fingerprint density at radius 2 is 1.38 bits per heavy atom. The van der Waals surface area contributed by atoms with Gasteiger partial charge >= 0.3 is 0 Å². The fourth-order valence-electron chi connectivity index (χ4n) is 3.82. The lowest BCUT2D eigenvalue weighted by Crippen LogP contribution is -2.51. The normalized spacial score (nSPS) is 14.7. The number of likely N-dealkylation sites (N-methyl/N-ethyl adjacent to an activating group) is 1. The molecular formula is C25H47NO3. The van der Waals surface area contributed by atoms with Crippen LogP contribution in [0.5, 0.6) is 0 Å². The van der Waals surface area contributed by atoms with Crippen LogP contribution in [0.25, 0.3) is 0 Å². The highest BCUT2D eigenvalue weighted by molar-refractivity contribution is 5.65. The second-order valence-electron chi connectivity index (χ2n) is 9.56. The van der Waals surface area contributed by atoms with E-state index in [1.807, 2.05) is 21.1 Å². The van der Waals surface area contributed by atoms with Crippen molar-refractivity contribution in [2.75, 3.05) is 27.7 Å². The standard InChI is InChI=1S/C25H47NO3/c1-5-6-7-8-9-10-11-12-13-14-15-16-17-18-19-20-21-25(29,22-24(27)28)23-26(2,3)4/h9-10,12-13,29H,5-8,11,14-23H2,1-4H3/b10-9+,13-12+. The largest absolute Gasteiger partial charge is 0.550 e. The minimum Gasteiger partial charge on any atom is -0.550 e. The van der Waals surface area contributed by atoms with Crippen LogP contribution in [0.3, 0.4) is 0 Å². The molecule has 0 aliphatic heterocycles. The minimum atomic E-state index is -1.17. The molecule has 0 saturated carbocycles. The van der Waals surface area contributed by atoms with E-state index in [-0.39, 0.29) is 6.42 Å². The molecule has 1 unspecified atom stereocenters. The van der Waals surface area contributed by atoms with Gasteiger partial charge in [0.15, 0.2) is 0 Å². The molecule has 0 bridgehead atoms. The summed E-state index contributed by atoms with van der Waals surface area (Å²) in [5.74, 6) is -1.17. The first-order valence-corrected chi connectivity index (χ1v) is 11.7. The molecular weight excluding hydrogens is 362 g/mol. The highest BCUT2D eigenvalue weighted by Crippen LogP contribution is 2.22. The molecule has 4 nitrogen and oxygen atoms in total. The molecule has 0 aliphatic carbocycles. The van der Waals surface area contributed by atoms with E-state index in [0.717, 1.165) is 32.1 Å². The Morgan fingerprint density at radius 3 is 1.90 bits per heavy atom. The molecule has 0 aromatic rings. The molecule has 0 heterocycles. The van der Waals surface area contributed by atoms with Crippen molar-refractivity contribution >= 4 is 5.97 Å². The highest BCUT2D eigenvalue weighted by atomic mass is 16.4. The van der Waals surface area contributed by atoms with Crippen LogP contribution in [0.15, 0.2) is 24.3 Å². The fourth-order valence-corrected chi connectivity index (χ4v) is 3.82. The number of carbonyl (C=O) groups excluding carboxylic acids is 1. The third kappa shape index (κ3) is 19.9. The van der Waals surface area contributed by atoms with Gasteiger partial charge in [-0.15, -0.1) is 0 Å². The van der Waals surface area contributed by atoms with Crippen LogP contribution < -0.4 is 5.11 Å². The number of unbranched alkanes of at least 4 members (excludes halogenated alkanes) is 9. The zero-order valence-electron chi connectivity index (χ0n) is 19.6. The van der Waals surface area contributed by atoms with E-state index >= 15 is 0 Å². The average Bonchev–Trinajstić information content (AvgIpc) is 2.59. The van der Waals surface area contributed by atoms with Crippen molar-refractivity contribution in [3.05, 3.63) is 24.3 Å². The summed E-state index contributed by atoms with van der Waals surface area (Å²) in [4.78, 5) is 11.0. The number of rotatable bonds is 19. The van der Waals surface area contributed by atoms with Crippen molar-refractivity contribution in [1.82, 2.24) is 0 Å². The SMILES string of the molecule is CCCCC/C=C/C/C=C/CCCCCCCCC(O)(CC(=O)[O-])C[N+](C)(C)C. The van der Waals surface area contributed by atoms with Crippen molar-refractivity contribution in [3.8, 4) is 0 Å². The smallest absolute Gasteiger partial charge is 0.119 e. The van der Waals surface area contributed by atoms with E-state index in [4.69, 9.17) is 0 Å². The van der Waals surface area contributed by atoms with Crippen molar-refractivity contribution < 1.29 is 19.5 Å². The van der Waals surface area contributed by atoms with Crippen LogP contribution in [0, 0.1) is 0 Å². The van der Waals surface area contributed by atoms with Gasteiger partial charge in [-0.05, 0) is 38.5 Å². The third-order valence-electron chi connectivity index (χ3n) is 5.08. The summed E-state index contributed by atoms with van der Waals surface area (Å²) in [6.07, 6.45) is 23.5. The second-order valence-corrected chi connectivity index (χ2v) is 9.56. The van der Waals surface area contributed by atoms with E-state index in [9.17, 15) is 15.0 Å². The summed E-state index contributed by atoms with van der Waals surface area (Å²) in [5, 5.41) is 21.7. The van der Waals surface area contributed by atoms with Gasteiger partial charge in [0.2, 0.25) is 0 Å². The van der Waals surface area contributed by atoms with Gasteiger partial charge in [-0.2, -0.15) is 0 Å². The Kier molecular flexibility index (Phi) is 16.0. The molecule has 0 aromatic heterocycles. The Morgan fingerprint density at radius 1 is 0.862 bits per heavy atom. The lowest BCUT2D eigenvalue weighted by Gasteiger charge is -2.36. The zero-order valence-corrected chi connectivity index (χ0v) is 19.6. The van der Waals surface area contributed by atoms with Gasteiger partial charge in [-0.1, -0.05) is 76.2 Å². The summed E-state index contributed by atoms with van der Waals surface area (Å²) in [6.45, 7) is 2.67. The molecule has 0 spiro atoms. The van der Waals surface area contributed by atoms with Crippen molar-refractivity contribution in [2.45, 2.75) is 102 Å². The molecule has 0 saturated heterocycles. The highest BCUT2D eigenvalue weighted by Gasteiger charge is 2.33. The maximum absolute atomic E-state index is 11.0. The number of carbonyl (C=O) groups is 1. The number of hydrogen-bond donors (Lipinski definition) is 1. The van der Waals surface area contributed by atoms with Gasteiger partial charge < -0.3 is 19.5 Å². The number of aliphatic carboxylic acids is 1. The number of hydrogen-bond acceptors (Lipinski definition) is 3. The first kappa shape index (κ1) is 27.9. The quantitative estimate of drug-likeness (QED) is 0.190. The maximum Gasteiger partial charge on any atom is 0.119 e. The van der Waals surface area contributed by atoms with Crippen molar-refractivity contribution in [1.29, 1.82) is 0 Å². The van der Waals surface area contributed by atoms with Crippen molar-refractivity contribution in [2.24, 2.45) is 0 Å². The molecule has 170 valence electrons. The van der Waals surface area contributed by atoms with E-state index < -0.39 is 11.6 Å². The minimum absolute atomic E-state index is 0.275. The van der Waals surface area contributed by atoms with Crippen molar-refractivity contribution in [3.63, 3.8) is 0 Å². The first-order chi connectivity index (χ1) is 13.7. The van der Waals surface area contributed by atoms with Gasteiger partial charge in [0.05, 0.1) is 21.1 Å². The Hall–Kier alpha value is -1.13. The summed E-state index contributed by atoms with van der Waals surface area (Å²) >= 11 is 0. The molecule has 0 radical (unpaired) electrons. The Bertz CT molecular complexity index is 465. The second kappa shape index (κ2) is 16.6. The Labute approximate surface area is 180 Å². The predicted octanol–water partition coefficient (Wildman–Crippen LogP) is 4.77. The van der Waals surface area contributed by atoms with Gasteiger partial charge in [-0.3, -0.25) is 0 Å². The number of quaternary nitrogens is 1. The molecule has 0 rings (SSSR count). The average molecular weight is 410 g/mol. The van der Waals surface area contributed by atoms with Gasteiger partial charge in [-0.25, -0.2) is 0 Å². The van der Waals surface area contributed by atoms with E-state index in [1.165, 1.54) is 44.9 Å². The third-order valence-corrected chi connectivity index (χ3v) is 5.08. The number of carboxylic acids is 1. The molecule has 0 fully saturated rings. The van der Waals surface area contributed by atoms with Crippen LogP contribution in [0.1, 0.15) is 96.8 Å². The number of allylic oxidation sites excluding steroid dienone is 4. The molecule has 0 aromatic carbocycles. The Balaban J connectivity index is 3.72. The van der Waals surface area contributed by atoms with Gasteiger partial charge in [0.25, 0.3) is 0 Å². The molecule has 1 atom stereocenters. The van der Waals surface area contributed by atoms with E-state index in [1.54, 1.807) is 0 Å². The monoisotopic (exact) mass is 409 g/mol. The summed E-state index contributed by atoms with van der Waals surface area (Å²) in [7, 11) is 5.91. The van der Waals surface area contributed by atoms with Gasteiger partial charge in [0.1, 0.15) is 12.1 Å². The van der Waals surface area contributed by atoms with E-state index in [2.05, 4.69) is 31.2 Å². The number of aliphatic hydroxyl groups is 1. The molecule has 1 N–H and O–H groups in total. The summed E-state index contributed by atoms with van der Waals surface area (Å²) < 4.78 is 0.548. The van der Waals surface area contributed by atoms with Crippen LogP contribution in [0.4, 0.5) is 0 Å². The van der Waals surface area contributed by atoms with Gasteiger partial charge in [0, 0.05) is 12.4 Å². The van der Waals surface area contributed by atoms with Crippen LogP contribution in [-0.2, 0) is 4.79 Å². The number of carboxylic acid groups (broad SMARTS) is 1. The lowest BCUT2D eigenvalue weighted by atomic mass is 9.91. The van der Waals surface area contributed by atoms with Crippen LogP contribution >= 0.6 is 0 Å². The fraction of sp³-hybridized carbons (Fsp3) is 0.800. The summed E-state index contributed by atoms with van der Waals surface area (Å²) in [6, 6.07) is 0. The van der Waals surface area contributed by atoms with Crippen LogP contribution in [0.2, 0.25) is 0 Å². The van der Waals surface area contributed by atoms with E-state index in [0.29, 0.717) is 17.4 Å². The maximum atomic E-state index is 11.0. The summed E-state index contributed by atoms with van der Waals surface area (Å²) in [5.41, 5.74) is -1.16.